The van der Waals surface area contributed by atoms with Gasteiger partial charge in [0, 0.05) is 0 Å². The van der Waals surface area contributed by atoms with Crippen LogP contribution in [0, 0.1) is 5.92 Å². The summed E-state index contributed by atoms with van der Waals surface area (Å²) in [7, 11) is -1.71. The van der Waals surface area contributed by atoms with Crippen LogP contribution in [0.3, 0.4) is 0 Å². The Bertz CT molecular complexity index is 329. The molecule has 0 aromatic carbocycles. The van der Waals surface area contributed by atoms with Gasteiger partial charge in [-0.1, -0.05) is 59.4 Å². The van der Waals surface area contributed by atoms with Crippen molar-refractivity contribution < 1.29 is 9.22 Å². The van der Waals surface area contributed by atoms with E-state index in [2.05, 4.69) is 40.7 Å². The molecular weight excluding hydrogens is 296 g/mol. The summed E-state index contributed by atoms with van der Waals surface area (Å²) in [5.74, 6) is 0.777. The van der Waals surface area contributed by atoms with Crippen LogP contribution in [0.1, 0.15) is 54.9 Å². The van der Waals surface area contributed by atoms with Gasteiger partial charge < -0.3 is 4.43 Å². The van der Waals surface area contributed by atoms with Crippen LogP contribution in [0.15, 0.2) is 11.6 Å². The van der Waals surface area contributed by atoms with E-state index in [-0.39, 0.29) is 17.1 Å². The zero-order valence-corrected chi connectivity index (χ0v) is 16.8. The summed E-state index contributed by atoms with van der Waals surface area (Å²) in [6, 6.07) is 3.37. The fraction of sp³-hybridized carbons (Fsp3) is 0.824. The molecule has 21 heavy (non-hydrogen) atoms. The lowest BCUT2D eigenvalue weighted by molar-refractivity contribution is -0.116. The van der Waals surface area contributed by atoms with E-state index in [1.54, 1.807) is 0 Å². The fourth-order valence-electron chi connectivity index (χ4n) is 2.69. The van der Waals surface area contributed by atoms with Crippen LogP contribution in [-0.2, 0) is 9.22 Å². The van der Waals surface area contributed by atoms with E-state index >= 15 is 0 Å². The molecule has 0 radical (unpaired) electrons. The Balaban J connectivity index is 5.33. The molecule has 0 amide bonds. The number of hydrogen-bond acceptors (Lipinski definition) is 3. The molecule has 0 aliphatic carbocycles. The maximum absolute atomic E-state index is 12.3. The van der Waals surface area contributed by atoms with Gasteiger partial charge in [-0.15, -0.1) is 0 Å². The second kappa shape index (κ2) is 10.6. The average molecular weight is 331 g/mol. The highest BCUT2D eigenvalue weighted by Gasteiger charge is 2.36. The molecule has 0 bridgehead atoms. The van der Waals surface area contributed by atoms with Crippen LogP contribution in [-0.4, -0.2) is 25.3 Å². The van der Waals surface area contributed by atoms with Crippen molar-refractivity contribution >= 4 is 25.2 Å². The van der Waals surface area contributed by atoms with Crippen LogP contribution in [0.4, 0.5) is 0 Å². The van der Waals surface area contributed by atoms with Gasteiger partial charge in [0.1, 0.15) is 0 Å². The van der Waals surface area contributed by atoms with Gasteiger partial charge in [0.25, 0.3) is 0 Å². The summed E-state index contributed by atoms with van der Waals surface area (Å²) in [6.45, 7) is 15.0. The molecule has 0 aromatic heterocycles. The van der Waals surface area contributed by atoms with Crippen molar-refractivity contribution in [2.75, 3.05) is 5.75 Å². The van der Waals surface area contributed by atoms with Crippen molar-refractivity contribution in [1.29, 1.82) is 0 Å². The third-order valence-electron chi connectivity index (χ3n) is 4.40. The van der Waals surface area contributed by atoms with Crippen LogP contribution >= 0.6 is 11.8 Å². The Kier molecular flexibility index (Phi) is 10.6. The van der Waals surface area contributed by atoms with Gasteiger partial charge in [0.2, 0.25) is 0 Å². The molecule has 0 aliphatic heterocycles. The molecule has 0 aliphatic rings. The Labute approximate surface area is 137 Å². The summed E-state index contributed by atoms with van der Waals surface area (Å²) in [6.07, 6.45) is 3.17. The maximum atomic E-state index is 12.3. The Morgan fingerprint density at radius 2 is 1.67 bits per heavy atom. The Morgan fingerprint density at radius 3 is 2.05 bits per heavy atom. The second-order valence-corrected chi connectivity index (χ2v) is 11.7. The van der Waals surface area contributed by atoms with E-state index in [0.29, 0.717) is 0 Å². The Hall–Kier alpha value is -0.0631. The number of allylic oxidation sites excluding steroid dienone is 1. The minimum absolute atomic E-state index is 0.0389. The summed E-state index contributed by atoms with van der Waals surface area (Å²) in [5.41, 5.74) is 1.22. The maximum Gasteiger partial charge on any atom is 0.194 e. The van der Waals surface area contributed by atoms with Crippen molar-refractivity contribution in [3.05, 3.63) is 11.6 Å². The van der Waals surface area contributed by atoms with E-state index in [4.69, 9.17) is 4.43 Å². The first kappa shape index (κ1) is 20.9. The highest BCUT2D eigenvalue weighted by atomic mass is 32.2. The average Bonchev–Trinajstić information content (AvgIpc) is 2.49. The standard InChI is InChI=1S/C17H34O2SSi/c1-8-13-14(6)16(15(7)17(18)20-9-2)19-21(10-3,11-4)12-5/h13,15-16H,8-12H2,1-7H3/b14-13+. The molecule has 2 unspecified atom stereocenters. The van der Waals surface area contributed by atoms with Gasteiger partial charge in [-0.3, -0.25) is 4.79 Å². The van der Waals surface area contributed by atoms with E-state index < -0.39 is 8.32 Å². The molecule has 124 valence electrons. The molecule has 0 spiro atoms. The third kappa shape index (κ3) is 6.29. The highest BCUT2D eigenvalue weighted by molar-refractivity contribution is 8.13. The first-order chi connectivity index (χ1) is 9.91. The van der Waals surface area contributed by atoms with Crippen molar-refractivity contribution in [2.24, 2.45) is 5.92 Å². The molecule has 0 aromatic rings. The topological polar surface area (TPSA) is 26.3 Å². The quantitative estimate of drug-likeness (QED) is 0.382. The zero-order chi connectivity index (χ0) is 16.5. The van der Waals surface area contributed by atoms with Crippen LogP contribution in [0.25, 0.3) is 0 Å². The predicted molar refractivity (Wildman–Crippen MR) is 98.4 cm³/mol. The normalized spacial score (nSPS) is 15.9. The summed E-state index contributed by atoms with van der Waals surface area (Å²) in [4.78, 5) is 12.3. The van der Waals surface area contributed by atoms with Gasteiger partial charge in [-0.05, 0) is 42.8 Å². The first-order valence-corrected chi connectivity index (χ1v) is 11.9. The number of carbonyl (C=O) groups excluding carboxylic acids is 1. The summed E-state index contributed by atoms with van der Waals surface area (Å²) in [5, 5.41) is 0.262. The molecule has 0 heterocycles. The number of carbonyl (C=O) groups is 1. The molecule has 0 rings (SSSR count). The SMILES string of the molecule is CC/C=C(\C)C(O[Si](CC)(CC)CC)C(C)C(=O)SCC. The largest absolute Gasteiger partial charge is 0.410 e. The lowest BCUT2D eigenvalue weighted by Crippen LogP contribution is -2.43. The summed E-state index contributed by atoms with van der Waals surface area (Å²) >= 11 is 1.42. The fourth-order valence-corrected chi connectivity index (χ4v) is 6.29. The van der Waals surface area contributed by atoms with Crippen LogP contribution in [0.2, 0.25) is 18.1 Å². The van der Waals surface area contributed by atoms with E-state index in [0.717, 1.165) is 30.3 Å². The first-order valence-electron chi connectivity index (χ1n) is 8.42. The lowest BCUT2D eigenvalue weighted by Gasteiger charge is -2.36. The minimum Gasteiger partial charge on any atom is -0.410 e. The molecular formula is C17H34O2SSi. The second-order valence-electron chi connectivity index (χ2n) is 5.68. The molecule has 0 fully saturated rings. The number of thioether (sulfide) groups is 1. The molecule has 2 atom stereocenters. The monoisotopic (exact) mass is 330 g/mol. The van der Waals surface area contributed by atoms with Gasteiger partial charge in [0.15, 0.2) is 13.4 Å². The van der Waals surface area contributed by atoms with Gasteiger partial charge >= 0.3 is 0 Å². The zero-order valence-electron chi connectivity index (χ0n) is 15.0. The minimum atomic E-state index is -1.71. The summed E-state index contributed by atoms with van der Waals surface area (Å²) < 4.78 is 6.67. The lowest BCUT2D eigenvalue weighted by atomic mass is 9.99. The highest BCUT2D eigenvalue weighted by Crippen LogP contribution is 2.30. The Morgan fingerprint density at radius 1 is 1.14 bits per heavy atom. The number of rotatable bonds is 10. The van der Waals surface area contributed by atoms with Crippen LogP contribution < -0.4 is 0 Å². The van der Waals surface area contributed by atoms with Gasteiger partial charge in [0.05, 0.1) is 12.0 Å². The molecule has 4 heteroatoms. The van der Waals surface area contributed by atoms with Crippen molar-refractivity contribution in [2.45, 2.75) is 79.1 Å². The van der Waals surface area contributed by atoms with Gasteiger partial charge in [-0.25, -0.2) is 0 Å². The van der Waals surface area contributed by atoms with Crippen molar-refractivity contribution in [1.82, 2.24) is 0 Å². The van der Waals surface area contributed by atoms with E-state index in [1.165, 1.54) is 17.3 Å². The van der Waals surface area contributed by atoms with Crippen molar-refractivity contribution in [3.63, 3.8) is 0 Å². The number of hydrogen-bond donors (Lipinski definition) is 0. The molecule has 0 saturated heterocycles. The van der Waals surface area contributed by atoms with Gasteiger partial charge in [-0.2, -0.15) is 0 Å². The van der Waals surface area contributed by atoms with Crippen molar-refractivity contribution in [3.8, 4) is 0 Å². The molecule has 2 nitrogen and oxygen atoms in total. The third-order valence-corrected chi connectivity index (χ3v) is 9.96. The van der Waals surface area contributed by atoms with Crippen LogP contribution in [0.5, 0.6) is 0 Å². The molecule has 0 N–H and O–H groups in total. The smallest absolute Gasteiger partial charge is 0.194 e. The molecule has 0 saturated carbocycles. The predicted octanol–water partition coefficient (Wildman–Crippen LogP) is 5.65. The van der Waals surface area contributed by atoms with E-state index in [1.807, 2.05) is 13.8 Å². The van der Waals surface area contributed by atoms with E-state index in [9.17, 15) is 4.79 Å².